The zero-order valence-electron chi connectivity index (χ0n) is 14.9. The van der Waals surface area contributed by atoms with Crippen molar-refractivity contribution >= 4 is 26.8 Å². The Morgan fingerprint density at radius 2 is 2.07 bits per heavy atom. The number of fused-ring (bicyclic) bond motifs is 1. The summed E-state index contributed by atoms with van der Waals surface area (Å²) in [6.07, 6.45) is 1.81. The van der Waals surface area contributed by atoms with Crippen molar-refractivity contribution < 1.29 is 17.7 Å². The van der Waals surface area contributed by atoms with Gasteiger partial charge in [-0.25, -0.2) is 13.4 Å². The molecule has 1 amide bonds. The van der Waals surface area contributed by atoms with Gasteiger partial charge in [-0.2, -0.15) is 0 Å². The van der Waals surface area contributed by atoms with Gasteiger partial charge in [-0.3, -0.25) is 14.2 Å². The van der Waals surface area contributed by atoms with E-state index in [9.17, 15) is 18.0 Å². The maximum absolute atomic E-state index is 12.6. The maximum Gasteiger partial charge on any atom is 0.299 e. The fraction of sp³-hybridized carbons (Fsp3) is 0.333. The molecule has 1 aromatic carbocycles. The van der Waals surface area contributed by atoms with Crippen LogP contribution < -0.4 is 10.9 Å². The molecule has 4 rings (SSSR count). The van der Waals surface area contributed by atoms with Crippen molar-refractivity contribution in [2.24, 2.45) is 0 Å². The molecule has 1 aliphatic rings. The average molecular weight is 402 g/mol. The number of carbonyl (C=O) groups excluding carboxylic acids is 1. The molecule has 0 spiro atoms. The van der Waals surface area contributed by atoms with E-state index in [1.54, 1.807) is 0 Å². The minimum atomic E-state index is -3.06. The van der Waals surface area contributed by atoms with Gasteiger partial charge in [0.15, 0.2) is 9.84 Å². The van der Waals surface area contributed by atoms with Gasteiger partial charge in [0.25, 0.3) is 11.1 Å². The molecule has 0 bridgehead atoms. The molecule has 1 fully saturated rings. The summed E-state index contributed by atoms with van der Waals surface area (Å²) >= 11 is 0. The van der Waals surface area contributed by atoms with Crippen LogP contribution in [0.5, 0.6) is 0 Å². The summed E-state index contributed by atoms with van der Waals surface area (Å²) in [6.45, 7) is 0.106. The Morgan fingerprint density at radius 3 is 2.79 bits per heavy atom. The molecule has 0 radical (unpaired) electrons. The molecule has 2 aromatic heterocycles. The van der Waals surface area contributed by atoms with Crippen LogP contribution in [0, 0.1) is 0 Å². The van der Waals surface area contributed by atoms with E-state index < -0.39 is 15.4 Å². The lowest BCUT2D eigenvalue weighted by Crippen LogP contribution is -2.36. The van der Waals surface area contributed by atoms with Crippen LogP contribution in [0.25, 0.3) is 22.4 Å². The Kier molecular flexibility index (Phi) is 4.71. The molecule has 146 valence electrons. The van der Waals surface area contributed by atoms with Gasteiger partial charge in [0.1, 0.15) is 11.2 Å². The first-order valence-corrected chi connectivity index (χ1v) is 10.6. The molecule has 1 N–H and O–H groups in total. The minimum Gasteiger partial charge on any atom is -0.352 e. The van der Waals surface area contributed by atoms with Gasteiger partial charge in [-0.15, -0.1) is 0 Å². The molecular formula is C18H18N4O5S. The molecule has 10 heteroatoms. The Bertz CT molecular complexity index is 1180. The van der Waals surface area contributed by atoms with Crippen LogP contribution in [-0.4, -0.2) is 46.6 Å². The van der Waals surface area contributed by atoms with Crippen molar-refractivity contribution in [1.82, 2.24) is 20.0 Å². The fourth-order valence-corrected chi connectivity index (χ4v) is 4.90. The third-order valence-corrected chi connectivity index (χ3v) is 6.44. The zero-order chi connectivity index (χ0) is 19.7. The summed E-state index contributed by atoms with van der Waals surface area (Å²) in [5.41, 5.74) is 1.25. The molecule has 3 heterocycles. The van der Waals surface area contributed by atoms with Crippen LogP contribution in [-0.2, 0) is 21.2 Å². The number of sulfone groups is 1. The second kappa shape index (κ2) is 7.19. The zero-order valence-corrected chi connectivity index (χ0v) is 15.7. The molecule has 1 aliphatic heterocycles. The highest BCUT2D eigenvalue weighted by molar-refractivity contribution is 7.91. The number of nitrogens with one attached hydrogen (secondary N) is 1. The van der Waals surface area contributed by atoms with E-state index in [2.05, 4.69) is 15.5 Å². The Balaban J connectivity index is 1.47. The smallest absolute Gasteiger partial charge is 0.299 e. The first kappa shape index (κ1) is 18.4. The van der Waals surface area contributed by atoms with Gasteiger partial charge >= 0.3 is 0 Å². The van der Waals surface area contributed by atoms with E-state index >= 15 is 0 Å². The molecule has 0 unspecified atom stereocenters. The van der Waals surface area contributed by atoms with Crippen molar-refractivity contribution in [3.8, 4) is 11.3 Å². The maximum atomic E-state index is 12.6. The van der Waals surface area contributed by atoms with E-state index in [0.717, 1.165) is 5.56 Å². The summed E-state index contributed by atoms with van der Waals surface area (Å²) in [7, 11) is -3.06. The van der Waals surface area contributed by atoms with Crippen LogP contribution in [0.4, 0.5) is 0 Å². The number of hydrogen-bond acceptors (Lipinski definition) is 7. The van der Waals surface area contributed by atoms with Crippen molar-refractivity contribution in [3.63, 3.8) is 0 Å². The largest absolute Gasteiger partial charge is 0.352 e. The Hall–Kier alpha value is -3.01. The molecule has 1 saturated heterocycles. The monoisotopic (exact) mass is 402 g/mol. The standard InChI is InChI=1S/C18H18N4O5S/c23-14(20-13-7-9-28(25,26)10-13)6-8-22-11-19-16-15(12-4-2-1-3-5-12)21-27-17(16)18(22)24/h1-5,11,13H,6-10H2,(H,20,23)/t13-/m0/s1. The van der Waals surface area contributed by atoms with E-state index in [-0.39, 0.29) is 42.0 Å². The second-order valence-electron chi connectivity index (χ2n) is 6.74. The Morgan fingerprint density at radius 1 is 1.29 bits per heavy atom. The third kappa shape index (κ3) is 3.68. The van der Waals surface area contributed by atoms with Gasteiger partial charge in [0.05, 0.1) is 17.8 Å². The highest BCUT2D eigenvalue weighted by Crippen LogP contribution is 2.23. The van der Waals surface area contributed by atoms with E-state index in [0.29, 0.717) is 17.6 Å². The second-order valence-corrected chi connectivity index (χ2v) is 8.96. The SMILES string of the molecule is O=C(CCn1cnc2c(-c3ccccc3)noc2c1=O)N[C@H]1CCS(=O)(=O)C1. The first-order chi connectivity index (χ1) is 13.4. The van der Waals surface area contributed by atoms with Gasteiger partial charge in [0.2, 0.25) is 5.91 Å². The van der Waals surface area contributed by atoms with Crippen molar-refractivity contribution in [1.29, 1.82) is 0 Å². The molecule has 9 nitrogen and oxygen atoms in total. The van der Waals surface area contributed by atoms with Crippen LogP contribution in [0.1, 0.15) is 12.8 Å². The highest BCUT2D eigenvalue weighted by Gasteiger charge is 2.28. The van der Waals surface area contributed by atoms with Crippen molar-refractivity contribution in [2.75, 3.05) is 11.5 Å². The van der Waals surface area contributed by atoms with Gasteiger partial charge in [0, 0.05) is 24.6 Å². The number of aryl methyl sites for hydroxylation is 1. The summed E-state index contributed by atoms with van der Waals surface area (Å²) < 4.78 is 29.4. The predicted octanol–water partition coefficient (Wildman–Crippen LogP) is 0.745. The number of hydrogen-bond donors (Lipinski definition) is 1. The number of benzene rings is 1. The average Bonchev–Trinajstić information content (AvgIpc) is 3.25. The third-order valence-electron chi connectivity index (χ3n) is 4.67. The van der Waals surface area contributed by atoms with Crippen LogP contribution in [0.2, 0.25) is 0 Å². The molecular weight excluding hydrogens is 384 g/mol. The van der Waals surface area contributed by atoms with Crippen molar-refractivity contribution in [3.05, 3.63) is 47.0 Å². The van der Waals surface area contributed by atoms with Gasteiger partial charge < -0.3 is 9.84 Å². The Labute approximate surface area is 160 Å². The normalized spacial score (nSPS) is 18.4. The van der Waals surface area contributed by atoms with Crippen molar-refractivity contribution in [2.45, 2.75) is 25.4 Å². The topological polar surface area (TPSA) is 124 Å². The minimum absolute atomic E-state index is 0.0311. The van der Waals surface area contributed by atoms with E-state index in [4.69, 9.17) is 4.52 Å². The van der Waals surface area contributed by atoms with Crippen LogP contribution in [0.3, 0.4) is 0 Å². The number of rotatable bonds is 5. The van der Waals surface area contributed by atoms with E-state index in [1.165, 1.54) is 10.9 Å². The molecule has 0 saturated carbocycles. The summed E-state index contributed by atoms with van der Waals surface area (Å²) in [5, 5.41) is 6.66. The summed E-state index contributed by atoms with van der Waals surface area (Å²) in [4.78, 5) is 28.9. The lowest BCUT2D eigenvalue weighted by Gasteiger charge is -2.11. The molecule has 28 heavy (non-hydrogen) atoms. The fourth-order valence-electron chi connectivity index (χ4n) is 3.23. The van der Waals surface area contributed by atoms with Gasteiger partial charge in [-0.05, 0) is 6.42 Å². The lowest BCUT2D eigenvalue weighted by atomic mass is 10.1. The summed E-state index contributed by atoms with van der Waals surface area (Å²) in [6, 6.07) is 8.91. The molecule has 0 aliphatic carbocycles. The number of carbonyl (C=O) groups is 1. The van der Waals surface area contributed by atoms with Gasteiger partial charge in [-0.1, -0.05) is 35.5 Å². The number of nitrogens with zero attached hydrogens (tertiary/aromatic N) is 3. The molecule has 3 aromatic rings. The highest BCUT2D eigenvalue weighted by atomic mass is 32.2. The summed E-state index contributed by atoms with van der Waals surface area (Å²) in [5.74, 6) is -0.253. The number of aromatic nitrogens is 3. The quantitative estimate of drug-likeness (QED) is 0.667. The van der Waals surface area contributed by atoms with E-state index in [1.807, 2.05) is 30.3 Å². The van der Waals surface area contributed by atoms with Crippen LogP contribution >= 0.6 is 0 Å². The van der Waals surface area contributed by atoms with Crippen LogP contribution in [0.15, 0.2) is 46.0 Å². The lowest BCUT2D eigenvalue weighted by molar-refractivity contribution is -0.121. The predicted molar refractivity (Wildman–Crippen MR) is 101 cm³/mol. The molecule has 1 atom stereocenters. The number of amides is 1. The first-order valence-electron chi connectivity index (χ1n) is 8.83.